The van der Waals surface area contributed by atoms with Gasteiger partial charge >= 0.3 is 0 Å². The Hall–Kier alpha value is -1.90. The molecule has 1 aromatic rings. The van der Waals surface area contributed by atoms with Crippen LogP contribution in [0.25, 0.3) is 6.08 Å². The van der Waals surface area contributed by atoms with E-state index >= 15 is 0 Å². The van der Waals surface area contributed by atoms with Crippen molar-refractivity contribution in [1.82, 2.24) is 0 Å². The number of benzene rings is 1. The van der Waals surface area contributed by atoms with E-state index in [1.165, 1.54) is 6.08 Å². The van der Waals surface area contributed by atoms with Crippen LogP contribution in [0.3, 0.4) is 0 Å². The van der Waals surface area contributed by atoms with Crippen molar-refractivity contribution in [2.24, 2.45) is 5.73 Å². The number of carbonyl (C=O) groups is 2. The van der Waals surface area contributed by atoms with Crippen LogP contribution in [0.15, 0.2) is 24.3 Å². The van der Waals surface area contributed by atoms with Crippen molar-refractivity contribution in [2.75, 3.05) is 0 Å². The summed E-state index contributed by atoms with van der Waals surface area (Å²) in [6.45, 7) is 1.91. The normalized spacial score (nSPS) is 10.4. The Morgan fingerprint density at radius 3 is 2.64 bits per heavy atom. The molecule has 0 heterocycles. The SMILES string of the molecule is Cc1ccc(C=O)c(C=CC(N)=O)c1. The summed E-state index contributed by atoms with van der Waals surface area (Å²) in [4.78, 5) is 21.1. The first-order chi connectivity index (χ1) is 6.63. The van der Waals surface area contributed by atoms with E-state index in [1.54, 1.807) is 12.1 Å². The molecule has 0 aliphatic carbocycles. The van der Waals surface area contributed by atoms with Crippen LogP contribution in [-0.4, -0.2) is 12.2 Å². The molecular formula is C11H11NO2. The van der Waals surface area contributed by atoms with Gasteiger partial charge in [0.2, 0.25) is 5.91 Å². The first-order valence-electron chi connectivity index (χ1n) is 4.17. The van der Waals surface area contributed by atoms with Crippen molar-refractivity contribution in [3.63, 3.8) is 0 Å². The number of amides is 1. The van der Waals surface area contributed by atoms with Crippen molar-refractivity contribution >= 4 is 18.3 Å². The minimum atomic E-state index is -0.525. The molecule has 1 amide bonds. The third-order valence-corrected chi connectivity index (χ3v) is 1.80. The Morgan fingerprint density at radius 1 is 1.36 bits per heavy atom. The van der Waals surface area contributed by atoms with Crippen molar-refractivity contribution in [3.05, 3.63) is 41.0 Å². The van der Waals surface area contributed by atoms with Gasteiger partial charge in [-0.1, -0.05) is 23.8 Å². The summed E-state index contributed by atoms with van der Waals surface area (Å²) in [6, 6.07) is 5.37. The molecule has 3 heteroatoms. The summed E-state index contributed by atoms with van der Waals surface area (Å²) >= 11 is 0. The zero-order chi connectivity index (χ0) is 10.6. The quantitative estimate of drug-likeness (QED) is 0.575. The molecule has 0 spiro atoms. The molecule has 0 aliphatic rings. The maximum absolute atomic E-state index is 10.6. The second-order valence-corrected chi connectivity index (χ2v) is 2.99. The van der Waals surface area contributed by atoms with Gasteiger partial charge in [-0.25, -0.2) is 0 Å². The van der Waals surface area contributed by atoms with Crippen molar-refractivity contribution in [3.8, 4) is 0 Å². The fourth-order valence-corrected chi connectivity index (χ4v) is 1.12. The van der Waals surface area contributed by atoms with Gasteiger partial charge in [-0.05, 0) is 18.6 Å². The molecule has 1 rings (SSSR count). The van der Waals surface area contributed by atoms with E-state index in [4.69, 9.17) is 5.73 Å². The topological polar surface area (TPSA) is 60.2 Å². The molecule has 0 aromatic heterocycles. The molecule has 0 aliphatic heterocycles. The van der Waals surface area contributed by atoms with E-state index in [0.717, 1.165) is 11.8 Å². The summed E-state index contributed by atoms with van der Waals surface area (Å²) in [5.74, 6) is -0.525. The average molecular weight is 189 g/mol. The largest absolute Gasteiger partial charge is 0.366 e. The lowest BCUT2D eigenvalue weighted by Crippen LogP contribution is -2.05. The van der Waals surface area contributed by atoms with Gasteiger partial charge in [0.05, 0.1) is 0 Å². The Labute approximate surface area is 82.2 Å². The number of primary amides is 1. The second kappa shape index (κ2) is 4.37. The van der Waals surface area contributed by atoms with Crippen LogP contribution in [0.1, 0.15) is 21.5 Å². The fraction of sp³-hybridized carbons (Fsp3) is 0.0909. The fourth-order valence-electron chi connectivity index (χ4n) is 1.12. The molecule has 0 saturated heterocycles. The van der Waals surface area contributed by atoms with Gasteiger partial charge in [0.15, 0.2) is 6.29 Å². The lowest BCUT2D eigenvalue weighted by molar-refractivity contribution is -0.113. The summed E-state index contributed by atoms with van der Waals surface area (Å²) in [5.41, 5.74) is 7.24. The van der Waals surface area contributed by atoms with Gasteiger partial charge in [-0.15, -0.1) is 0 Å². The Kier molecular flexibility index (Phi) is 3.18. The first kappa shape index (κ1) is 10.2. The standard InChI is InChI=1S/C11H11NO2/c1-8-2-3-10(7-13)9(6-8)4-5-11(12)14/h2-7H,1H3,(H2,12,14). The van der Waals surface area contributed by atoms with Crippen molar-refractivity contribution in [2.45, 2.75) is 6.92 Å². The minimum Gasteiger partial charge on any atom is -0.366 e. The molecule has 0 fully saturated rings. The van der Waals surface area contributed by atoms with E-state index in [1.807, 2.05) is 19.1 Å². The van der Waals surface area contributed by atoms with Gasteiger partial charge in [0.1, 0.15) is 0 Å². The number of nitrogens with two attached hydrogens (primary N) is 1. The molecule has 2 N–H and O–H groups in total. The van der Waals surface area contributed by atoms with Gasteiger partial charge < -0.3 is 5.73 Å². The number of aryl methyl sites for hydroxylation is 1. The highest BCUT2D eigenvalue weighted by Crippen LogP contribution is 2.11. The average Bonchev–Trinajstić information content (AvgIpc) is 2.15. The Bertz CT molecular complexity index is 394. The summed E-state index contributed by atoms with van der Waals surface area (Å²) < 4.78 is 0. The maximum atomic E-state index is 10.6. The van der Waals surface area contributed by atoms with E-state index in [-0.39, 0.29) is 0 Å². The highest BCUT2D eigenvalue weighted by molar-refractivity contribution is 5.92. The number of aldehydes is 1. The van der Waals surface area contributed by atoms with E-state index in [9.17, 15) is 9.59 Å². The molecule has 3 nitrogen and oxygen atoms in total. The molecule has 1 aromatic carbocycles. The van der Waals surface area contributed by atoms with E-state index < -0.39 is 5.91 Å². The van der Waals surface area contributed by atoms with Crippen LogP contribution >= 0.6 is 0 Å². The monoisotopic (exact) mass is 189 g/mol. The third kappa shape index (κ3) is 2.55. The van der Waals surface area contributed by atoms with Crippen LogP contribution in [0.5, 0.6) is 0 Å². The predicted molar refractivity (Wildman–Crippen MR) is 54.8 cm³/mol. The maximum Gasteiger partial charge on any atom is 0.241 e. The lowest BCUT2D eigenvalue weighted by atomic mass is 10.1. The number of carbonyl (C=O) groups excluding carboxylic acids is 2. The number of hydrogen-bond donors (Lipinski definition) is 1. The van der Waals surface area contributed by atoms with E-state index in [0.29, 0.717) is 11.1 Å². The van der Waals surface area contributed by atoms with Gasteiger partial charge in [-0.3, -0.25) is 9.59 Å². The summed E-state index contributed by atoms with van der Waals surface area (Å²) in [6.07, 6.45) is 3.53. The molecule has 14 heavy (non-hydrogen) atoms. The molecule has 0 saturated carbocycles. The van der Waals surface area contributed by atoms with Crippen molar-refractivity contribution < 1.29 is 9.59 Å². The van der Waals surface area contributed by atoms with Crippen LogP contribution < -0.4 is 5.73 Å². The van der Waals surface area contributed by atoms with Gasteiger partial charge in [-0.2, -0.15) is 0 Å². The minimum absolute atomic E-state index is 0.525. The predicted octanol–water partition coefficient (Wildman–Crippen LogP) is 1.31. The molecule has 0 bridgehead atoms. The summed E-state index contributed by atoms with van der Waals surface area (Å²) in [7, 11) is 0. The molecule has 72 valence electrons. The highest BCUT2D eigenvalue weighted by atomic mass is 16.1. The van der Waals surface area contributed by atoms with Crippen LogP contribution in [-0.2, 0) is 4.79 Å². The molecule has 0 unspecified atom stereocenters. The van der Waals surface area contributed by atoms with Gasteiger partial charge in [0, 0.05) is 11.6 Å². The first-order valence-corrected chi connectivity index (χ1v) is 4.17. The van der Waals surface area contributed by atoms with E-state index in [2.05, 4.69) is 0 Å². The van der Waals surface area contributed by atoms with Crippen LogP contribution in [0.4, 0.5) is 0 Å². The molecular weight excluding hydrogens is 178 g/mol. The molecule has 0 atom stereocenters. The smallest absolute Gasteiger partial charge is 0.241 e. The zero-order valence-electron chi connectivity index (χ0n) is 7.86. The van der Waals surface area contributed by atoms with Crippen LogP contribution in [0, 0.1) is 6.92 Å². The second-order valence-electron chi connectivity index (χ2n) is 2.99. The highest BCUT2D eigenvalue weighted by Gasteiger charge is 1.98. The Balaban J connectivity index is 3.10. The lowest BCUT2D eigenvalue weighted by Gasteiger charge is -1.99. The third-order valence-electron chi connectivity index (χ3n) is 1.80. The van der Waals surface area contributed by atoms with Gasteiger partial charge in [0.25, 0.3) is 0 Å². The molecule has 0 radical (unpaired) electrons. The zero-order valence-corrected chi connectivity index (χ0v) is 7.86. The summed E-state index contributed by atoms with van der Waals surface area (Å²) in [5, 5.41) is 0. The number of rotatable bonds is 3. The van der Waals surface area contributed by atoms with Crippen LogP contribution in [0.2, 0.25) is 0 Å². The van der Waals surface area contributed by atoms with Crippen molar-refractivity contribution in [1.29, 1.82) is 0 Å². The number of hydrogen-bond acceptors (Lipinski definition) is 2. The Morgan fingerprint density at radius 2 is 2.07 bits per heavy atom.